The molecule has 5 rings (SSSR count). The SMILES string of the molecule is O=c1cc(-n2cc(Cn3cnc4c(Cl)nc(Cl)nc43)nn2)c2ccccc2o1. The third kappa shape index (κ3) is 2.81. The van der Waals surface area contributed by atoms with Crippen LogP contribution in [0.2, 0.25) is 10.4 Å². The van der Waals surface area contributed by atoms with Gasteiger partial charge in [0.25, 0.3) is 0 Å². The molecule has 4 heterocycles. The zero-order chi connectivity index (χ0) is 19.3. The predicted molar refractivity (Wildman–Crippen MR) is 102 cm³/mol. The van der Waals surface area contributed by atoms with Crippen LogP contribution in [0.1, 0.15) is 5.69 Å². The molecular weight excluding hydrogens is 405 g/mol. The Morgan fingerprint density at radius 2 is 2.00 bits per heavy atom. The highest BCUT2D eigenvalue weighted by atomic mass is 35.5. The first kappa shape index (κ1) is 16.8. The van der Waals surface area contributed by atoms with Crippen LogP contribution in [0.3, 0.4) is 0 Å². The molecule has 0 aliphatic rings. The van der Waals surface area contributed by atoms with Crippen molar-refractivity contribution in [1.29, 1.82) is 0 Å². The van der Waals surface area contributed by atoms with Crippen LogP contribution in [0.15, 0.2) is 52.1 Å². The Labute approximate surface area is 166 Å². The molecule has 0 amide bonds. The molecule has 0 unspecified atom stereocenters. The lowest BCUT2D eigenvalue weighted by atomic mass is 10.2. The number of para-hydroxylation sites is 1. The van der Waals surface area contributed by atoms with Crippen molar-refractivity contribution < 1.29 is 4.42 Å². The van der Waals surface area contributed by atoms with Gasteiger partial charge < -0.3 is 8.98 Å². The maximum atomic E-state index is 11.9. The van der Waals surface area contributed by atoms with Crippen molar-refractivity contribution in [3.05, 3.63) is 69.4 Å². The lowest BCUT2D eigenvalue weighted by Crippen LogP contribution is -2.04. The molecule has 4 aromatic heterocycles. The van der Waals surface area contributed by atoms with Crippen LogP contribution in [0.5, 0.6) is 0 Å². The number of hydrogen-bond donors (Lipinski definition) is 0. The average Bonchev–Trinajstić information content (AvgIpc) is 3.29. The lowest BCUT2D eigenvalue weighted by molar-refractivity contribution is 0.559. The number of aromatic nitrogens is 7. The van der Waals surface area contributed by atoms with Crippen LogP contribution in [0.25, 0.3) is 27.8 Å². The van der Waals surface area contributed by atoms with E-state index in [2.05, 4.69) is 25.3 Å². The van der Waals surface area contributed by atoms with Crippen LogP contribution in [-0.4, -0.2) is 34.5 Å². The molecule has 138 valence electrons. The van der Waals surface area contributed by atoms with Gasteiger partial charge >= 0.3 is 5.63 Å². The van der Waals surface area contributed by atoms with Gasteiger partial charge in [-0.2, -0.15) is 4.98 Å². The quantitative estimate of drug-likeness (QED) is 0.254. The summed E-state index contributed by atoms with van der Waals surface area (Å²) in [5.74, 6) is 0. The van der Waals surface area contributed by atoms with Crippen molar-refractivity contribution in [3.8, 4) is 5.69 Å². The van der Waals surface area contributed by atoms with Crippen molar-refractivity contribution in [2.75, 3.05) is 0 Å². The van der Waals surface area contributed by atoms with E-state index in [0.29, 0.717) is 34.7 Å². The Balaban J connectivity index is 1.56. The highest BCUT2D eigenvalue weighted by Crippen LogP contribution is 2.22. The number of nitrogens with zero attached hydrogens (tertiary/aromatic N) is 7. The topological polar surface area (TPSA) is 105 Å². The van der Waals surface area contributed by atoms with Gasteiger partial charge in [0.05, 0.1) is 30.8 Å². The second-order valence-electron chi connectivity index (χ2n) is 5.93. The highest BCUT2D eigenvalue weighted by Gasteiger charge is 2.14. The van der Waals surface area contributed by atoms with E-state index < -0.39 is 5.63 Å². The number of benzene rings is 1. The molecule has 0 aliphatic heterocycles. The summed E-state index contributed by atoms with van der Waals surface area (Å²) in [6.07, 6.45) is 3.30. The molecule has 0 radical (unpaired) electrons. The number of fused-ring (bicyclic) bond motifs is 2. The molecule has 0 fully saturated rings. The average molecular weight is 414 g/mol. The minimum Gasteiger partial charge on any atom is -0.423 e. The zero-order valence-corrected chi connectivity index (χ0v) is 15.5. The Morgan fingerprint density at radius 3 is 2.89 bits per heavy atom. The first-order valence-corrected chi connectivity index (χ1v) is 8.82. The standard InChI is InChI=1S/C17H9Cl2N7O2/c18-15-14-16(22-17(19)21-15)25(8-20-14)6-9-7-26(24-23-9)11-5-13(27)28-12-4-2-1-3-10(11)12/h1-5,7-8H,6H2. The molecule has 5 aromatic rings. The van der Waals surface area contributed by atoms with Gasteiger partial charge in [-0.05, 0) is 23.7 Å². The third-order valence-electron chi connectivity index (χ3n) is 4.14. The number of halogens is 2. The normalized spacial score (nSPS) is 11.5. The third-order valence-corrected chi connectivity index (χ3v) is 4.57. The fourth-order valence-corrected chi connectivity index (χ4v) is 3.37. The van der Waals surface area contributed by atoms with Gasteiger partial charge in [0.2, 0.25) is 5.28 Å². The summed E-state index contributed by atoms with van der Waals surface area (Å²) in [5, 5.41) is 9.28. The molecule has 9 nitrogen and oxygen atoms in total. The Hall–Kier alpha value is -3.30. The molecular formula is C17H9Cl2N7O2. The molecule has 28 heavy (non-hydrogen) atoms. The van der Waals surface area contributed by atoms with E-state index in [1.807, 2.05) is 12.1 Å². The summed E-state index contributed by atoms with van der Waals surface area (Å²) in [4.78, 5) is 24.1. The van der Waals surface area contributed by atoms with Crippen LogP contribution in [0, 0.1) is 0 Å². The first-order chi connectivity index (χ1) is 13.6. The van der Waals surface area contributed by atoms with Gasteiger partial charge in [-0.1, -0.05) is 28.9 Å². The molecule has 0 saturated heterocycles. The minimum atomic E-state index is -0.465. The highest BCUT2D eigenvalue weighted by molar-refractivity contribution is 6.35. The van der Waals surface area contributed by atoms with E-state index in [-0.39, 0.29) is 10.4 Å². The largest absolute Gasteiger partial charge is 0.423 e. The van der Waals surface area contributed by atoms with Crippen LogP contribution in [-0.2, 0) is 6.54 Å². The van der Waals surface area contributed by atoms with Crippen LogP contribution in [0.4, 0.5) is 0 Å². The Kier molecular flexibility index (Phi) is 3.85. The summed E-state index contributed by atoms with van der Waals surface area (Å²) >= 11 is 11.9. The monoisotopic (exact) mass is 413 g/mol. The fraction of sp³-hybridized carbons (Fsp3) is 0.0588. The fourth-order valence-electron chi connectivity index (χ4n) is 2.95. The minimum absolute atomic E-state index is 0.0328. The Bertz CT molecular complexity index is 1410. The van der Waals surface area contributed by atoms with Gasteiger partial charge in [0.1, 0.15) is 16.8 Å². The number of hydrogen-bond acceptors (Lipinski definition) is 7. The maximum Gasteiger partial charge on any atom is 0.338 e. The van der Waals surface area contributed by atoms with Crippen LogP contribution < -0.4 is 5.63 Å². The van der Waals surface area contributed by atoms with Gasteiger partial charge in [-0.25, -0.2) is 19.4 Å². The molecule has 11 heteroatoms. The van der Waals surface area contributed by atoms with E-state index in [9.17, 15) is 4.79 Å². The maximum absolute atomic E-state index is 11.9. The second-order valence-corrected chi connectivity index (χ2v) is 6.63. The molecule has 0 saturated carbocycles. The molecule has 0 aliphatic carbocycles. The van der Waals surface area contributed by atoms with Gasteiger partial charge in [0.15, 0.2) is 10.8 Å². The molecule has 0 spiro atoms. The summed E-state index contributed by atoms with van der Waals surface area (Å²) in [7, 11) is 0. The molecule has 0 N–H and O–H groups in total. The summed E-state index contributed by atoms with van der Waals surface area (Å²) in [6.45, 7) is 0.333. The predicted octanol–water partition coefficient (Wildman–Crippen LogP) is 2.87. The summed E-state index contributed by atoms with van der Waals surface area (Å²) in [6, 6.07) is 8.60. The molecule has 1 aromatic carbocycles. The Morgan fingerprint density at radius 1 is 1.14 bits per heavy atom. The van der Waals surface area contributed by atoms with E-state index in [1.54, 1.807) is 29.2 Å². The first-order valence-electron chi connectivity index (χ1n) is 8.07. The van der Waals surface area contributed by atoms with E-state index in [1.165, 1.54) is 10.7 Å². The van der Waals surface area contributed by atoms with Gasteiger partial charge in [-0.3, -0.25) is 0 Å². The smallest absolute Gasteiger partial charge is 0.338 e. The van der Waals surface area contributed by atoms with Crippen molar-refractivity contribution in [1.82, 2.24) is 34.5 Å². The number of imidazole rings is 1. The molecule has 0 bridgehead atoms. The van der Waals surface area contributed by atoms with E-state index >= 15 is 0 Å². The van der Waals surface area contributed by atoms with Crippen molar-refractivity contribution in [3.63, 3.8) is 0 Å². The van der Waals surface area contributed by atoms with Crippen molar-refractivity contribution >= 4 is 45.3 Å². The lowest BCUT2D eigenvalue weighted by Gasteiger charge is -2.04. The van der Waals surface area contributed by atoms with Gasteiger partial charge in [-0.15, -0.1) is 5.10 Å². The second kappa shape index (κ2) is 6.39. The summed E-state index contributed by atoms with van der Waals surface area (Å²) in [5.41, 5.74) is 2.16. The summed E-state index contributed by atoms with van der Waals surface area (Å²) < 4.78 is 8.48. The molecule has 0 atom stereocenters. The van der Waals surface area contributed by atoms with Crippen molar-refractivity contribution in [2.45, 2.75) is 6.54 Å². The number of rotatable bonds is 3. The zero-order valence-electron chi connectivity index (χ0n) is 14.0. The van der Waals surface area contributed by atoms with Crippen LogP contribution >= 0.6 is 23.2 Å². The van der Waals surface area contributed by atoms with Crippen molar-refractivity contribution in [2.24, 2.45) is 0 Å². The van der Waals surface area contributed by atoms with E-state index in [4.69, 9.17) is 27.6 Å². The van der Waals surface area contributed by atoms with Gasteiger partial charge in [0, 0.05) is 5.39 Å². The van der Waals surface area contributed by atoms with E-state index in [0.717, 1.165) is 5.39 Å².